The standard InChI is InChI=1S/C20H25N3O3/c1-14-11-15(12-18(24)21-14)19(25)23-10-9-20(26,17(13-23)22(2)3)16-7-5-4-6-8-16/h4-8,11-12,17,26H,9-10,13H2,1-3H3,(H,21,24)/t17-,20+/m1/s1. The van der Waals surface area contributed by atoms with E-state index in [9.17, 15) is 14.7 Å². The fourth-order valence-corrected chi connectivity index (χ4v) is 3.75. The van der Waals surface area contributed by atoms with Crippen molar-refractivity contribution in [3.8, 4) is 0 Å². The number of likely N-dealkylation sites (N-methyl/N-ethyl adjacent to an activating group) is 1. The van der Waals surface area contributed by atoms with Crippen molar-refractivity contribution >= 4 is 5.91 Å². The molecule has 0 radical (unpaired) electrons. The summed E-state index contributed by atoms with van der Waals surface area (Å²) in [5, 5.41) is 11.4. The first-order chi connectivity index (χ1) is 12.3. The van der Waals surface area contributed by atoms with E-state index < -0.39 is 5.60 Å². The predicted octanol–water partition coefficient (Wildman–Crippen LogP) is 1.35. The van der Waals surface area contributed by atoms with Crippen molar-refractivity contribution in [1.29, 1.82) is 0 Å². The number of aromatic amines is 1. The molecule has 1 aliphatic heterocycles. The van der Waals surface area contributed by atoms with Crippen molar-refractivity contribution in [2.24, 2.45) is 0 Å². The Morgan fingerprint density at radius 3 is 2.58 bits per heavy atom. The highest BCUT2D eigenvalue weighted by molar-refractivity contribution is 5.94. The molecule has 1 aromatic carbocycles. The van der Waals surface area contributed by atoms with Gasteiger partial charge in [0.05, 0.1) is 6.04 Å². The van der Waals surface area contributed by atoms with Gasteiger partial charge in [0.2, 0.25) is 5.56 Å². The second-order valence-electron chi connectivity index (χ2n) is 7.19. The smallest absolute Gasteiger partial charge is 0.254 e. The summed E-state index contributed by atoms with van der Waals surface area (Å²) >= 11 is 0. The minimum Gasteiger partial charge on any atom is -0.383 e. The van der Waals surface area contributed by atoms with Gasteiger partial charge in [0, 0.05) is 30.4 Å². The van der Waals surface area contributed by atoms with Gasteiger partial charge < -0.3 is 19.9 Å². The molecule has 6 nitrogen and oxygen atoms in total. The number of carbonyl (C=O) groups excluding carboxylic acids is 1. The molecule has 0 unspecified atom stereocenters. The Morgan fingerprint density at radius 1 is 1.27 bits per heavy atom. The molecular weight excluding hydrogens is 330 g/mol. The first-order valence-electron chi connectivity index (χ1n) is 8.76. The molecule has 2 atom stereocenters. The maximum absolute atomic E-state index is 12.9. The Hall–Kier alpha value is -2.44. The maximum Gasteiger partial charge on any atom is 0.254 e. The van der Waals surface area contributed by atoms with E-state index in [1.54, 1.807) is 17.9 Å². The van der Waals surface area contributed by atoms with Gasteiger partial charge in [0.15, 0.2) is 0 Å². The molecule has 138 valence electrons. The normalized spacial score (nSPS) is 23.3. The molecule has 0 spiro atoms. The van der Waals surface area contributed by atoms with Crippen molar-refractivity contribution < 1.29 is 9.90 Å². The third-order valence-corrected chi connectivity index (χ3v) is 5.12. The summed E-state index contributed by atoms with van der Waals surface area (Å²) in [5.74, 6) is -0.179. The third kappa shape index (κ3) is 3.43. The summed E-state index contributed by atoms with van der Waals surface area (Å²) in [6.07, 6.45) is 0.438. The van der Waals surface area contributed by atoms with Crippen LogP contribution in [0.2, 0.25) is 0 Å². The Balaban J connectivity index is 1.88. The largest absolute Gasteiger partial charge is 0.383 e. The number of piperidine rings is 1. The molecule has 0 bridgehead atoms. The van der Waals surface area contributed by atoms with E-state index in [-0.39, 0.29) is 17.5 Å². The van der Waals surface area contributed by atoms with Crippen LogP contribution in [-0.4, -0.2) is 59.0 Å². The molecule has 1 aliphatic rings. The van der Waals surface area contributed by atoms with Crippen molar-refractivity contribution in [3.05, 3.63) is 69.6 Å². The second kappa shape index (κ2) is 7.05. The van der Waals surface area contributed by atoms with Crippen LogP contribution in [0.25, 0.3) is 0 Å². The molecule has 0 aliphatic carbocycles. The maximum atomic E-state index is 12.9. The summed E-state index contributed by atoms with van der Waals surface area (Å²) < 4.78 is 0. The number of likely N-dealkylation sites (tertiary alicyclic amines) is 1. The van der Waals surface area contributed by atoms with Crippen LogP contribution >= 0.6 is 0 Å². The summed E-state index contributed by atoms with van der Waals surface area (Å²) in [7, 11) is 3.81. The average molecular weight is 355 g/mol. The van der Waals surface area contributed by atoms with Crippen LogP contribution in [0.15, 0.2) is 47.3 Å². The van der Waals surface area contributed by atoms with Gasteiger partial charge in [-0.2, -0.15) is 0 Å². The molecule has 1 fully saturated rings. The lowest BCUT2D eigenvalue weighted by Gasteiger charge is -2.47. The molecular formula is C20H25N3O3. The number of hydrogen-bond acceptors (Lipinski definition) is 4. The fraction of sp³-hybridized carbons (Fsp3) is 0.400. The molecule has 1 amide bonds. The highest BCUT2D eigenvalue weighted by Gasteiger charge is 2.45. The molecule has 0 saturated carbocycles. The number of aromatic nitrogens is 1. The van der Waals surface area contributed by atoms with Crippen molar-refractivity contribution in [2.45, 2.75) is 25.0 Å². The number of hydrogen-bond donors (Lipinski definition) is 2. The zero-order valence-corrected chi connectivity index (χ0v) is 15.4. The highest BCUT2D eigenvalue weighted by Crippen LogP contribution is 2.35. The number of H-pyrrole nitrogens is 1. The second-order valence-corrected chi connectivity index (χ2v) is 7.19. The lowest BCUT2D eigenvalue weighted by Crippen LogP contribution is -2.60. The van der Waals surface area contributed by atoms with Crippen LogP contribution in [0.1, 0.15) is 28.0 Å². The lowest BCUT2D eigenvalue weighted by molar-refractivity contribution is -0.0810. The number of nitrogens with one attached hydrogen (secondary N) is 1. The number of nitrogens with zero attached hydrogens (tertiary/aromatic N) is 2. The molecule has 2 N–H and O–H groups in total. The minimum absolute atomic E-state index is 0.179. The number of aliphatic hydroxyl groups is 1. The number of amides is 1. The van der Waals surface area contributed by atoms with E-state index in [0.717, 1.165) is 5.56 Å². The molecule has 1 aromatic heterocycles. The zero-order chi connectivity index (χ0) is 18.9. The molecule has 2 aromatic rings. The van der Waals surface area contributed by atoms with Crippen molar-refractivity contribution in [2.75, 3.05) is 27.2 Å². The lowest BCUT2D eigenvalue weighted by atomic mass is 9.79. The Kier molecular flexibility index (Phi) is 4.98. The quantitative estimate of drug-likeness (QED) is 0.871. The van der Waals surface area contributed by atoms with Crippen LogP contribution in [-0.2, 0) is 5.60 Å². The van der Waals surface area contributed by atoms with Crippen LogP contribution in [0.4, 0.5) is 0 Å². The minimum atomic E-state index is -1.02. The van der Waals surface area contributed by atoms with Gasteiger partial charge in [-0.3, -0.25) is 9.59 Å². The first kappa shape index (κ1) is 18.4. The SMILES string of the molecule is Cc1cc(C(=O)N2CC[C@](O)(c3ccccc3)[C@H](N(C)C)C2)cc(=O)[nH]1. The van der Waals surface area contributed by atoms with Gasteiger partial charge in [-0.25, -0.2) is 0 Å². The number of aryl methyl sites for hydroxylation is 1. The van der Waals surface area contributed by atoms with Crippen LogP contribution < -0.4 is 5.56 Å². The van der Waals surface area contributed by atoms with Gasteiger partial charge in [0.25, 0.3) is 5.91 Å². The average Bonchev–Trinajstić information content (AvgIpc) is 2.61. The number of pyridine rings is 1. The van der Waals surface area contributed by atoms with E-state index in [2.05, 4.69) is 4.98 Å². The van der Waals surface area contributed by atoms with Gasteiger partial charge in [0.1, 0.15) is 5.60 Å². The zero-order valence-electron chi connectivity index (χ0n) is 15.4. The first-order valence-corrected chi connectivity index (χ1v) is 8.76. The van der Waals surface area contributed by atoms with Crippen molar-refractivity contribution in [1.82, 2.24) is 14.8 Å². The number of rotatable bonds is 3. The topological polar surface area (TPSA) is 76.6 Å². The van der Waals surface area contributed by atoms with E-state index in [1.165, 1.54) is 6.07 Å². The summed E-state index contributed by atoms with van der Waals surface area (Å²) in [6.45, 7) is 2.58. The van der Waals surface area contributed by atoms with Gasteiger partial charge >= 0.3 is 0 Å². The van der Waals surface area contributed by atoms with E-state index in [4.69, 9.17) is 0 Å². The Bertz CT molecular complexity index is 847. The molecule has 1 saturated heterocycles. The van der Waals surface area contributed by atoms with E-state index in [0.29, 0.717) is 30.8 Å². The van der Waals surface area contributed by atoms with Crippen LogP contribution in [0.3, 0.4) is 0 Å². The monoisotopic (exact) mass is 355 g/mol. The molecule has 26 heavy (non-hydrogen) atoms. The highest BCUT2D eigenvalue weighted by atomic mass is 16.3. The van der Waals surface area contributed by atoms with Gasteiger partial charge in [-0.15, -0.1) is 0 Å². The van der Waals surface area contributed by atoms with Crippen molar-refractivity contribution in [3.63, 3.8) is 0 Å². The van der Waals surface area contributed by atoms with E-state index >= 15 is 0 Å². The van der Waals surface area contributed by atoms with Gasteiger partial charge in [-0.05, 0) is 39.1 Å². The molecule has 2 heterocycles. The molecule has 3 rings (SSSR count). The number of benzene rings is 1. The summed E-state index contributed by atoms with van der Waals surface area (Å²) in [6, 6.07) is 12.4. The van der Waals surface area contributed by atoms with Gasteiger partial charge in [-0.1, -0.05) is 30.3 Å². The third-order valence-electron chi connectivity index (χ3n) is 5.12. The fourth-order valence-electron chi connectivity index (χ4n) is 3.75. The predicted molar refractivity (Wildman–Crippen MR) is 100 cm³/mol. The summed E-state index contributed by atoms with van der Waals surface area (Å²) in [4.78, 5) is 30.9. The van der Waals surface area contributed by atoms with E-state index in [1.807, 2.05) is 49.3 Å². The Labute approximate surface area is 153 Å². The Morgan fingerprint density at radius 2 is 1.96 bits per heavy atom. The summed E-state index contributed by atoms with van der Waals surface area (Å²) in [5.41, 5.74) is 0.593. The number of carbonyl (C=O) groups is 1. The van der Waals surface area contributed by atoms with Crippen LogP contribution in [0, 0.1) is 6.92 Å². The van der Waals surface area contributed by atoms with Crippen LogP contribution in [0.5, 0.6) is 0 Å². The molecule has 6 heteroatoms.